The number of ether oxygens (including phenoxy) is 2. The Morgan fingerprint density at radius 3 is 2.85 bits per heavy atom. The van der Waals surface area contributed by atoms with Gasteiger partial charge in [-0.3, -0.25) is 0 Å². The van der Waals surface area contributed by atoms with Crippen molar-refractivity contribution in [2.45, 2.75) is 32.0 Å². The van der Waals surface area contributed by atoms with Gasteiger partial charge in [-0.15, -0.1) is 0 Å². The molecular weight excluding hydrogens is 168 g/mol. The molecule has 3 nitrogen and oxygen atoms in total. The van der Waals surface area contributed by atoms with Gasteiger partial charge in [0.25, 0.3) is 0 Å². The molecule has 0 aromatic heterocycles. The highest BCUT2D eigenvalue weighted by Gasteiger charge is 2.37. The summed E-state index contributed by atoms with van der Waals surface area (Å²) in [6.07, 6.45) is 2.23. The van der Waals surface area contributed by atoms with Gasteiger partial charge in [-0.25, -0.2) is 0 Å². The molecule has 1 N–H and O–H groups in total. The molecule has 1 fully saturated rings. The van der Waals surface area contributed by atoms with E-state index in [1.807, 2.05) is 19.9 Å². The highest BCUT2D eigenvalue weighted by Crippen LogP contribution is 2.25. The predicted molar refractivity (Wildman–Crippen MR) is 50.6 cm³/mol. The summed E-state index contributed by atoms with van der Waals surface area (Å²) in [6.45, 7) is 5.01. The lowest BCUT2D eigenvalue weighted by atomic mass is 9.89. The van der Waals surface area contributed by atoms with Gasteiger partial charge >= 0.3 is 0 Å². The summed E-state index contributed by atoms with van der Waals surface area (Å²) in [5.74, 6) is 0. The van der Waals surface area contributed by atoms with Crippen molar-refractivity contribution in [1.29, 1.82) is 0 Å². The van der Waals surface area contributed by atoms with Crippen molar-refractivity contribution in [3.8, 4) is 0 Å². The molecule has 0 aliphatic carbocycles. The maximum absolute atomic E-state index is 10.2. The van der Waals surface area contributed by atoms with Gasteiger partial charge in [-0.1, -0.05) is 11.6 Å². The van der Waals surface area contributed by atoms with Gasteiger partial charge in [0.2, 0.25) is 0 Å². The first kappa shape index (κ1) is 10.7. The summed E-state index contributed by atoms with van der Waals surface area (Å²) in [4.78, 5) is 0. The second kappa shape index (κ2) is 4.22. The van der Waals surface area contributed by atoms with E-state index in [-0.39, 0.29) is 6.10 Å². The van der Waals surface area contributed by atoms with Crippen molar-refractivity contribution in [3.05, 3.63) is 11.6 Å². The lowest BCUT2D eigenvalue weighted by Gasteiger charge is -2.36. The van der Waals surface area contributed by atoms with Crippen molar-refractivity contribution in [2.24, 2.45) is 0 Å². The lowest BCUT2D eigenvalue weighted by molar-refractivity contribution is -0.141. The van der Waals surface area contributed by atoms with E-state index in [0.29, 0.717) is 19.6 Å². The van der Waals surface area contributed by atoms with Crippen molar-refractivity contribution < 1.29 is 14.6 Å². The zero-order valence-corrected chi connectivity index (χ0v) is 8.54. The van der Waals surface area contributed by atoms with E-state index >= 15 is 0 Å². The largest absolute Gasteiger partial charge is 0.383 e. The minimum atomic E-state index is -0.841. The zero-order valence-electron chi connectivity index (χ0n) is 8.54. The standard InChI is InChI=1S/C10H18O3/c1-8(2)6-10(11)4-5-13-7-9(10)12-3/h6,9,11H,4-5,7H2,1-3H3. The quantitative estimate of drug-likeness (QED) is 0.657. The fourth-order valence-corrected chi connectivity index (χ4v) is 1.67. The second-order valence-electron chi connectivity index (χ2n) is 3.76. The number of rotatable bonds is 2. The van der Waals surface area contributed by atoms with Gasteiger partial charge in [0.1, 0.15) is 11.7 Å². The third-order valence-electron chi connectivity index (χ3n) is 2.30. The van der Waals surface area contributed by atoms with Crippen molar-refractivity contribution in [2.75, 3.05) is 20.3 Å². The molecule has 13 heavy (non-hydrogen) atoms. The van der Waals surface area contributed by atoms with E-state index < -0.39 is 5.60 Å². The molecule has 1 saturated heterocycles. The monoisotopic (exact) mass is 186 g/mol. The predicted octanol–water partition coefficient (Wildman–Crippen LogP) is 1.12. The molecular formula is C10H18O3. The molecule has 0 aromatic rings. The van der Waals surface area contributed by atoms with Gasteiger partial charge in [-0.2, -0.15) is 0 Å². The fourth-order valence-electron chi connectivity index (χ4n) is 1.67. The van der Waals surface area contributed by atoms with E-state index in [9.17, 15) is 5.11 Å². The van der Waals surface area contributed by atoms with Crippen LogP contribution in [-0.2, 0) is 9.47 Å². The molecule has 0 aromatic carbocycles. The van der Waals surface area contributed by atoms with Crippen LogP contribution in [0.4, 0.5) is 0 Å². The first-order valence-corrected chi connectivity index (χ1v) is 4.57. The Bertz CT molecular complexity index is 196. The Hall–Kier alpha value is -0.380. The van der Waals surface area contributed by atoms with E-state index in [2.05, 4.69) is 0 Å². The molecule has 1 aliphatic heterocycles. The van der Waals surface area contributed by atoms with Crippen molar-refractivity contribution in [3.63, 3.8) is 0 Å². The highest BCUT2D eigenvalue weighted by atomic mass is 16.5. The average Bonchev–Trinajstić information content (AvgIpc) is 2.03. The van der Waals surface area contributed by atoms with Gasteiger partial charge in [0.05, 0.1) is 6.61 Å². The Kier molecular flexibility index (Phi) is 3.47. The third kappa shape index (κ3) is 2.53. The number of hydrogen-bond donors (Lipinski definition) is 1. The summed E-state index contributed by atoms with van der Waals surface area (Å²) in [5, 5.41) is 10.2. The van der Waals surface area contributed by atoms with Crippen LogP contribution in [0.5, 0.6) is 0 Å². The molecule has 2 unspecified atom stereocenters. The van der Waals surface area contributed by atoms with E-state index in [4.69, 9.17) is 9.47 Å². The molecule has 76 valence electrons. The minimum absolute atomic E-state index is 0.240. The Morgan fingerprint density at radius 2 is 2.31 bits per heavy atom. The van der Waals surface area contributed by atoms with Crippen LogP contribution >= 0.6 is 0 Å². The molecule has 1 rings (SSSR count). The molecule has 1 aliphatic rings. The van der Waals surface area contributed by atoms with E-state index in [1.165, 1.54) is 0 Å². The smallest absolute Gasteiger partial charge is 0.113 e. The molecule has 2 atom stereocenters. The highest BCUT2D eigenvalue weighted by molar-refractivity contribution is 5.11. The second-order valence-corrected chi connectivity index (χ2v) is 3.76. The summed E-state index contributed by atoms with van der Waals surface area (Å²) < 4.78 is 10.4. The molecule has 0 bridgehead atoms. The van der Waals surface area contributed by atoms with Crippen LogP contribution in [0.15, 0.2) is 11.6 Å². The topological polar surface area (TPSA) is 38.7 Å². The minimum Gasteiger partial charge on any atom is -0.383 e. The Morgan fingerprint density at radius 1 is 1.62 bits per heavy atom. The number of aliphatic hydroxyl groups is 1. The molecule has 0 radical (unpaired) electrons. The van der Waals surface area contributed by atoms with Gasteiger partial charge in [0, 0.05) is 20.1 Å². The average molecular weight is 186 g/mol. The summed E-state index contributed by atoms with van der Waals surface area (Å²) in [6, 6.07) is 0. The third-order valence-corrected chi connectivity index (χ3v) is 2.30. The SMILES string of the molecule is COC1COCCC1(O)C=C(C)C. The maximum Gasteiger partial charge on any atom is 0.113 e. The van der Waals surface area contributed by atoms with Crippen LogP contribution in [0.3, 0.4) is 0 Å². The summed E-state index contributed by atoms with van der Waals surface area (Å²) in [7, 11) is 1.60. The fraction of sp³-hybridized carbons (Fsp3) is 0.800. The molecule has 1 heterocycles. The molecule has 0 spiro atoms. The normalized spacial score (nSPS) is 34.3. The molecule has 3 heteroatoms. The summed E-state index contributed by atoms with van der Waals surface area (Å²) >= 11 is 0. The van der Waals surface area contributed by atoms with Crippen LogP contribution in [0.25, 0.3) is 0 Å². The van der Waals surface area contributed by atoms with E-state index in [1.54, 1.807) is 7.11 Å². The van der Waals surface area contributed by atoms with Gasteiger partial charge in [-0.05, 0) is 13.8 Å². The van der Waals surface area contributed by atoms with Crippen LogP contribution in [0, 0.1) is 0 Å². The van der Waals surface area contributed by atoms with Gasteiger partial charge < -0.3 is 14.6 Å². The van der Waals surface area contributed by atoms with Crippen LogP contribution < -0.4 is 0 Å². The number of allylic oxidation sites excluding steroid dienone is 1. The maximum atomic E-state index is 10.2. The van der Waals surface area contributed by atoms with Gasteiger partial charge in [0.15, 0.2) is 0 Å². The molecule has 0 saturated carbocycles. The van der Waals surface area contributed by atoms with Crippen LogP contribution in [0.2, 0.25) is 0 Å². The summed E-state index contributed by atoms with van der Waals surface area (Å²) in [5.41, 5.74) is 0.262. The Balaban J connectivity index is 2.76. The number of hydrogen-bond acceptors (Lipinski definition) is 3. The molecule has 0 amide bonds. The first-order valence-electron chi connectivity index (χ1n) is 4.57. The zero-order chi connectivity index (χ0) is 9.90. The Labute approximate surface area is 79.3 Å². The van der Waals surface area contributed by atoms with E-state index in [0.717, 1.165) is 5.57 Å². The number of methoxy groups -OCH3 is 1. The lowest BCUT2D eigenvalue weighted by Crippen LogP contribution is -2.49. The first-order chi connectivity index (χ1) is 6.08. The van der Waals surface area contributed by atoms with Crippen molar-refractivity contribution >= 4 is 0 Å². The van der Waals surface area contributed by atoms with Crippen LogP contribution in [-0.4, -0.2) is 37.1 Å². The van der Waals surface area contributed by atoms with Crippen LogP contribution in [0.1, 0.15) is 20.3 Å². The van der Waals surface area contributed by atoms with Crippen molar-refractivity contribution in [1.82, 2.24) is 0 Å².